The van der Waals surface area contributed by atoms with E-state index in [0.29, 0.717) is 0 Å². The van der Waals surface area contributed by atoms with Crippen LogP contribution >= 0.6 is 12.6 Å². The van der Waals surface area contributed by atoms with E-state index in [2.05, 4.69) is 17.9 Å². The summed E-state index contributed by atoms with van der Waals surface area (Å²) in [6.07, 6.45) is 0.0213. The van der Waals surface area contributed by atoms with Crippen LogP contribution in [0.25, 0.3) is 0 Å². The molecule has 1 amide bonds. The minimum absolute atomic E-state index is 0.0176. The van der Waals surface area contributed by atoms with E-state index >= 15 is 0 Å². The highest BCUT2D eigenvalue weighted by molar-refractivity contribution is 7.80. The van der Waals surface area contributed by atoms with Crippen LogP contribution in [0.15, 0.2) is 0 Å². The zero-order chi connectivity index (χ0) is 11.8. The highest BCUT2D eigenvalue weighted by Crippen LogP contribution is 2.05. The number of hydrogen-bond acceptors (Lipinski definition) is 4. The van der Waals surface area contributed by atoms with Crippen molar-refractivity contribution in [3.8, 4) is 0 Å². The summed E-state index contributed by atoms with van der Waals surface area (Å²) < 4.78 is 0. The minimum atomic E-state index is -1.03. The van der Waals surface area contributed by atoms with E-state index in [9.17, 15) is 14.4 Å². The quantitative estimate of drug-likeness (QED) is 0.545. The molecule has 0 heterocycles. The summed E-state index contributed by atoms with van der Waals surface area (Å²) in [7, 11) is 0. The summed E-state index contributed by atoms with van der Waals surface area (Å²) in [6.45, 7) is 1.68. The molecule has 2 N–H and O–H groups in total. The molecule has 5 nitrogen and oxygen atoms in total. The molecule has 1 unspecified atom stereocenters. The maximum atomic E-state index is 11.4. The Labute approximate surface area is 93.6 Å². The minimum Gasteiger partial charge on any atom is -0.481 e. The van der Waals surface area contributed by atoms with E-state index in [0.717, 1.165) is 0 Å². The van der Waals surface area contributed by atoms with Gasteiger partial charge in [-0.3, -0.25) is 14.4 Å². The second-order valence-corrected chi connectivity index (χ2v) is 3.59. The number of carbonyl (C=O) groups is 3. The van der Waals surface area contributed by atoms with Crippen LogP contribution in [-0.2, 0) is 14.4 Å². The Bertz CT molecular complexity index is 254. The van der Waals surface area contributed by atoms with Crippen molar-refractivity contribution in [2.24, 2.45) is 5.92 Å². The molecule has 0 saturated heterocycles. The molecule has 0 rings (SSSR count). The summed E-state index contributed by atoms with van der Waals surface area (Å²) in [5.41, 5.74) is 0. The van der Waals surface area contributed by atoms with Gasteiger partial charge in [0.05, 0.1) is 12.3 Å². The molecule has 0 saturated carbocycles. The van der Waals surface area contributed by atoms with Crippen molar-refractivity contribution in [2.75, 3.05) is 12.3 Å². The zero-order valence-corrected chi connectivity index (χ0v) is 9.42. The Hall–Kier alpha value is -1.04. The first kappa shape index (κ1) is 14.0. The van der Waals surface area contributed by atoms with Crippen LogP contribution in [0.4, 0.5) is 0 Å². The van der Waals surface area contributed by atoms with Crippen molar-refractivity contribution in [3.05, 3.63) is 0 Å². The van der Waals surface area contributed by atoms with Crippen molar-refractivity contribution in [3.63, 3.8) is 0 Å². The third-order valence-electron chi connectivity index (χ3n) is 1.79. The average molecular weight is 233 g/mol. The lowest BCUT2D eigenvalue weighted by Gasteiger charge is -2.11. The number of hydrogen-bond donors (Lipinski definition) is 3. The van der Waals surface area contributed by atoms with Gasteiger partial charge >= 0.3 is 5.97 Å². The van der Waals surface area contributed by atoms with Crippen LogP contribution in [0.3, 0.4) is 0 Å². The lowest BCUT2D eigenvalue weighted by molar-refractivity contribution is -0.140. The number of rotatable bonds is 7. The normalized spacial score (nSPS) is 11.9. The molecular weight excluding hydrogens is 218 g/mol. The molecule has 0 fully saturated rings. The van der Waals surface area contributed by atoms with Gasteiger partial charge in [-0.25, -0.2) is 0 Å². The number of carboxylic acid groups (broad SMARTS) is 1. The largest absolute Gasteiger partial charge is 0.481 e. The SMILES string of the molecule is CC(=O)CCNC(=O)C(CS)CC(=O)O. The fraction of sp³-hybridized carbons (Fsp3) is 0.667. The molecular formula is C9H15NO4S. The first-order chi connectivity index (χ1) is 6.97. The molecule has 0 aromatic heterocycles. The monoisotopic (exact) mass is 233 g/mol. The molecule has 6 heteroatoms. The van der Waals surface area contributed by atoms with Crippen LogP contribution in [-0.4, -0.2) is 35.1 Å². The fourth-order valence-corrected chi connectivity index (χ4v) is 1.25. The van der Waals surface area contributed by atoms with Gasteiger partial charge in [-0.05, 0) is 6.92 Å². The van der Waals surface area contributed by atoms with Gasteiger partial charge in [0.25, 0.3) is 0 Å². The standard InChI is InChI=1S/C9H15NO4S/c1-6(11)2-3-10-9(14)7(5-15)4-8(12)13/h7,15H,2-5H2,1H3,(H,10,14)(H,12,13). The zero-order valence-electron chi connectivity index (χ0n) is 8.52. The fourth-order valence-electron chi connectivity index (χ4n) is 0.957. The van der Waals surface area contributed by atoms with Crippen LogP contribution in [0.1, 0.15) is 19.8 Å². The first-order valence-electron chi connectivity index (χ1n) is 4.57. The third-order valence-corrected chi connectivity index (χ3v) is 2.23. The first-order valence-corrected chi connectivity index (χ1v) is 5.20. The highest BCUT2D eigenvalue weighted by Gasteiger charge is 2.19. The molecule has 0 aliphatic heterocycles. The Balaban J connectivity index is 3.93. The summed E-state index contributed by atoms with van der Waals surface area (Å²) >= 11 is 3.90. The van der Waals surface area contributed by atoms with Crippen LogP contribution in [0.2, 0.25) is 0 Å². The topological polar surface area (TPSA) is 83.5 Å². The molecule has 15 heavy (non-hydrogen) atoms. The Morgan fingerprint density at radius 2 is 2.00 bits per heavy atom. The molecule has 0 bridgehead atoms. The molecule has 0 spiro atoms. The smallest absolute Gasteiger partial charge is 0.304 e. The molecule has 0 aromatic rings. The number of thiol groups is 1. The van der Waals surface area contributed by atoms with Gasteiger partial charge in [-0.2, -0.15) is 12.6 Å². The Morgan fingerprint density at radius 1 is 1.40 bits per heavy atom. The predicted octanol–water partition coefficient (Wildman–Crippen LogP) is 0.102. The summed E-state index contributed by atoms with van der Waals surface area (Å²) in [6, 6.07) is 0. The van der Waals surface area contributed by atoms with E-state index in [4.69, 9.17) is 5.11 Å². The number of carboxylic acids is 1. The number of Topliss-reactive ketones (excluding diaryl/α,β-unsaturated/α-hetero) is 1. The van der Waals surface area contributed by atoms with Gasteiger partial charge in [0.15, 0.2) is 0 Å². The number of amides is 1. The molecule has 0 radical (unpaired) electrons. The number of aliphatic carboxylic acids is 1. The van der Waals surface area contributed by atoms with Crippen molar-refractivity contribution < 1.29 is 19.5 Å². The van der Waals surface area contributed by atoms with Crippen molar-refractivity contribution in [1.29, 1.82) is 0 Å². The van der Waals surface area contributed by atoms with Crippen molar-refractivity contribution >= 4 is 30.3 Å². The predicted molar refractivity (Wildman–Crippen MR) is 57.9 cm³/mol. The van der Waals surface area contributed by atoms with E-state index in [-0.39, 0.29) is 36.8 Å². The van der Waals surface area contributed by atoms with Gasteiger partial charge in [-0.1, -0.05) is 0 Å². The lowest BCUT2D eigenvalue weighted by Crippen LogP contribution is -2.34. The molecule has 86 valence electrons. The summed E-state index contributed by atoms with van der Waals surface area (Å²) in [4.78, 5) is 32.3. The third kappa shape index (κ3) is 6.96. The van der Waals surface area contributed by atoms with Gasteiger partial charge in [0.2, 0.25) is 5.91 Å². The molecule has 1 atom stereocenters. The number of ketones is 1. The second-order valence-electron chi connectivity index (χ2n) is 3.22. The van der Waals surface area contributed by atoms with Gasteiger partial charge in [-0.15, -0.1) is 0 Å². The van der Waals surface area contributed by atoms with Crippen molar-refractivity contribution in [2.45, 2.75) is 19.8 Å². The maximum Gasteiger partial charge on any atom is 0.304 e. The number of nitrogens with one attached hydrogen (secondary N) is 1. The second kappa shape index (κ2) is 7.28. The van der Waals surface area contributed by atoms with Crippen LogP contribution < -0.4 is 5.32 Å². The van der Waals surface area contributed by atoms with E-state index < -0.39 is 11.9 Å². The van der Waals surface area contributed by atoms with E-state index in [1.165, 1.54) is 6.92 Å². The average Bonchev–Trinajstić information content (AvgIpc) is 2.13. The summed E-state index contributed by atoms with van der Waals surface area (Å²) in [5, 5.41) is 11.0. The molecule has 0 aliphatic rings. The van der Waals surface area contributed by atoms with Crippen LogP contribution in [0.5, 0.6) is 0 Å². The number of carbonyl (C=O) groups excluding carboxylic acids is 2. The van der Waals surface area contributed by atoms with E-state index in [1.54, 1.807) is 0 Å². The van der Waals surface area contributed by atoms with Gasteiger partial charge in [0.1, 0.15) is 5.78 Å². The summed E-state index contributed by atoms with van der Waals surface area (Å²) in [5.74, 6) is -1.88. The highest BCUT2D eigenvalue weighted by atomic mass is 32.1. The van der Waals surface area contributed by atoms with Gasteiger partial charge in [0, 0.05) is 18.7 Å². The molecule has 0 aromatic carbocycles. The van der Waals surface area contributed by atoms with Crippen molar-refractivity contribution in [1.82, 2.24) is 5.32 Å². The van der Waals surface area contributed by atoms with Gasteiger partial charge < -0.3 is 10.4 Å². The Kier molecular flexibility index (Phi) is 6.77. The van der Waals surface area contributed by atoms with E-state index in [1.807, 2.05) is 0 Å². The lowest BCUT2D eigenvalue weighted by atomic mass is 10.1. The Morgan fingerprint density at radius 3 is 2.40 bits per heavy atom. The molecule has 0 aliphatic carbocycles. The maximum absolute atomic E-state index is 11.4. The van der Waals surface area contributed by atoms with Crippen LogP contribution in [0, 0.1) is 5.92 Å².